The summed E-state index contributed by atoms with van der Waals surface area (Å²) >= 11 is 0. The second-order valence-corrected chi connectivity index (χ2v) is 8.23. The second kappa shape index (κ2) is 9.31. The molecule has 3 aromatic rings. The van der Waals surface area contributed by atoms with Crippen LogP contribution < -0.4 is 9.64 Å². The highest BCUT2D eigenvalue weighted by Crippen LogP contribution is 2.34. The number of rotatable bonds is 4. The Morgan fingerprint density at radius 3 is 2.63 bits per heavy atom. The number of pyridine rings is 1. The fourth-order valence-electron chi connectivity index (χ4n) is 4.22. The van der Waals surface area contributed by atoms with Gasteiger partial charge in [-0.1, -0.05) is 12.1 Å². The van der Waals surface area contributed by atoms with Crippen molar-refractivity contribution in [2.45, 2.75) is 0 Å². The normalized spacial score (nSPS) is 16.0. The number of amides is 1. The van der Waals surface area contributed by atoms with Gasteiger partial charge in [-0.2, -0.15) is 5.26 Å². The van der Waals surface area contributed by atoms with E-state index in [2.05, 4.69) is 16.0 Å². The molecular weight excluding hydrogens is 444 g/mol. The van der Waals surface area contributed by atoms with Crippen LogP contribution in [0.1, 0.15) is 37.4 Å². The third-order valence-corrected chi connectivity index (χ3v) is 6.11. The predicted octanol–water partition coefficient (Wildman–Crippen LogP) is 3.59. The first kappa shape index (κ1) is 22.2. The van der Waals surface area contributed by atoms with E-state index in [0.29, 0.717) is 59.9 Å². The molecule has 2 aromatic carbocycles. The molecule has 35 heavy (non-hydrogen) atoms. The number of hydrogen-bond donors (Lipinski definition) is 0. The minimum Gasteiger partial charge on any atom is -0.497 e. The van der Waals surface area contributed by atoms with Crippen LogP contribution in [0.5, 0.6) is 5.75 Å². The first-order valence-electron chi connectivity index (χ1n) is 11.2. The molecule has 0 radical (unpaired) electrons. The van der Waals surface area contributed by atoms with E-state index in [-0.39, 0.29) is 5.91 Å². The summed E-state index contributed by atoms with van der Waals surface area (Å²) in [6.45, 7) is 2.44. The van der Waals surface area contributed by atoms with Gasteiger partial charge in [-0.05, 0) is 54.1 Å². The molecule has 1 fully saturated rings. The lowest BCUT2D eigenvalue weighted by Crippen LogP contribution is -2.49. The van der Waals surface area contributed by atoms with Crippen LogP contribution in [-0.4, -0.2) is 55.0 Å². The van der Waals surface area contributed by atoms with Crippen molar-refractivity contribution in [3.63, 3.8) is 0 Å². The lowest BCUT2D eigenvalue weighted by Gasteiger charge is -2.35. The number of aromatic nitrogens is 1. The van der Waals surface area contributed by atoms with Crippen molar-refractivity contribution in [3.8, 4) is 11.8 Å². The van der Waals surface area contributed by atoms with Crippen molar-refractivity contribution in [1.29, 1.82) is 5.26 Å². The predicted molar refractivity (Wildman–Crippen MR) is 130 cm³/mol. The summed E-state index contributed by atoms with van der Waals surface area (Å²) in [5, 5.41) is 8.94. The number of nitriles is 1. The summed E-state index contributed by atoms with van der Waals surface area (Å²) in [5.74, 6) is 1.40. The molecule has 8 nitrogen and oxygen atoms in total. The molecule has 1 aromatic heterocycles. The Labute approximate surface area is 202 Å². The van der Waals surface area contributed by atoms with E-state index >= 15 is 0 Å². The number of cyclic esters (lactones) is 1. The smallest absolute Gasteiger partial charge is 0.344 e. The number of esters is 1. The Kier molecular flexibility index (Phi) is 5.90. The molecule has 3 heterocycles. The van der Waals surface area contributed by atoms with Crippen LogP contribution in [0, 0.1) is 11.3 Å². The van der Waals surface area contributed by atoms with Gasteiger partial charge in [0.1, 0.15) is 23.4 Å². The first-order valence-corrected chi connectivity index (χ1v) is 11.2. The zero-order valence-corrected chi connectivity index (χ0v) is 19.1. The highest BCUT2D eigenvalue weighted by atomic mass is 16.5. The number of methoxy groups -OCH3 is 1. The molecule has 0 saturated carbocycles. The van der Waals surface area contributed by atoms with Crippen LogP contribution in [-0.2, 0) is 4.74 Å². The molecule has 8 heteroatoms. The van der Waals surface area contributed by atoms with Crippen LogP contribution in [0.4, 0.5) is 5.82 Å². The molecule has 0 N–H and O–H groups in total. The topological polar surface area (TPSA) is 95.8 Å². The van der Waals surface area contributed by atoms with E-state index in [1.807, 2.05) is 23.1 Å². The molecule has 0 atom stereocenters. The van der Waals surface area contributed by atoms with Crippen molar-refractivity contribution in [1.82, 2.24) is 9.88 Å². The first-order chi connectivity index (χ1) is 17.1. The van der Waals surface area contributed by atoms with Crippen molar-refractivity contribution >= 4 is 29.5 Å². The molecule has 1 saturated heterocycles. The maximum Gasteiger partial charge on any atom is 0.344 e. The summed E-state index contributed by atoms with van der Waals surface area (Å²) < 4.78 is 10.7. The molecule has 2 aliphatic rings. The second-order valence-electron chi connectivity index (χ2n) is 8.23. The van der Waals surface area contributed by atoms with Crippen LogP contribution in [0.25, 0.3) is 11.8 Å². The Bertz CT molecular complexity index is 1370. The van der Waals surface area contributed by atoms with Crippen molar-refractivity contribution in [3.05, 3.63) is 88.6 Å². The van der Waals surface area contributed by atoms with Gasteiger partial charge in [0.05, 0.1) is 18.2 Å². The fourth-order valence-corrected chi connectivity index (χ4v) is 4.22. The highest BCUT2D eigenvalue weighted by Gasteiger charge is 2.27. The molecule has 0 aliphatic carbocycles. The number of benzene rings is 2. The van der Waals surface area contributed by atoms with E-state index < -0.39 is 5.97 Å². The zero-order valence-electron chi connectivity index (χ0n) is 19.1. The monoisotopic (exact) mass is 466 g/mol. The van der Waals surface area contributed by atoms with E-state index in [1.54, 1.807) is 55.8 Å². The van der Waals surface area contributed by atoms with Crippen molar-refractivity contribution < 1.29 is 19.1 Å². The van der Waals surface area contributed by atoms with Gasteiger partial charge in [-0.25, -0.2) is 9.78 Å². The number of piperazine rings is 1. The molecule has 174 valence electrons. The maximum absolute atomic E-state index is 13.2. The number of nitrogens with zero attached hydrogens (tertiary/aromatic N) is 4. The van der Waals surface area contributed by atoms with Crippen LogP contribution in [0.2, 0.25) is 0 Å². The lowest BCUT2D eigenvalue weighted by atomic mass is 10.0. The summed E-state index contributed by atoms with van der Waals surface area (Å²) in [6, 6.07) is 18.1. The van der Waals surface area contributed by atoms with Gasteiger partial charge in [0.25, 0.3) is 5.91 Å². The minimum absolute atomic E-state index is 0.0526. The van der Waals surface area contributed by atoms with Gasteiger partial charge in [0.15, 0.2) is 0 Å². The number of ether oxygens (including phenoxy) is 2. The van der Waals surface area contributed by atoms with Gasteiger partial charge < -0.3 is 19.3 Å². The average Bonchev–Trinajstić information content (AvgIpc) is 3.22. The Morgan fingerprint density at radius 2 is 1.91 bits per heavy atom. The molecule has 1 amide bonds. The Morgan fingerprint density at radius 1 is 1.09 bits per heavy atom. The van der Waals surface area contributed by atoms with E-state index in [4.69, 9.17) is 14.7 Å². The molecule has 0 unspecified atom stereocenters. The number of hydrogen-bond acceptors (Lipinski definition) is 7. The molecule has 5 rings (SSSR count). The molecule has 0 spiro atoms. The molecule has 0 bridgehead atoms. The summed E-state index contributed by atoms with van der Waals surface area (Å²) in [5.41, 5.74) is 3.00. The van der Waals surface area contributed by atoms with E-state index in [9.17, 15) is 9.59 Å². The lowest BCUT2D eigenvalue weighted by molar-refractivity contribution is 0.0714. The van der Waals surface area contributed by atoms with Gasteiger partial charge in [-0.3, -0.25) is 4.79 Å². The van der Waals surface area contributed by atoms with E-state index in [0.717, 1.165) is 11.4 Å². The fraction of sp³-hybridized carbons (Fsp3) is 0.185. The maximum atomic E-state index is 13.2. The summed E-state index contributed by atoms with van der Waals surface area (Å²) in [4.78, 5) is 33.7. The third kappa shape index (κ3) is 4.44. The number of fused-ring (bicyclic) bond motifs is 1. The number of carbonyl (C=O) groups is 2. The average molecular weight is 466 g/mol. The summed E-state index contributed by atoms with van der Waals surface area (Å²) in [7, 11) is 1.57. The number of carbonyl (C=O) groups excluding carboxylic acids is 2. The van der Waals surface area contributed by atoms with Gasteiger partial charge >= 0.3 is 5.97 Å². The molecular formula is C27H22N4O4. The van der Waals surface area contributed by atoms with Gasteiger partial charge in [0.2, 0.25) is 0 Å². The quantitative estimate of drug-likeness (QED) is 0.542. The number of anilines is 1. The van der Waals surface area contributed by atoms with Crippen LogP contribution >= 0.6 is 0 Å². The van der Waals surface area contributed by atoms with Crippen molar-refractivity contribution in [2.75, 3.05) is 38.2 Å². The largest absolute Gasteiger partial charge is 0.497 e. The Hall–Kier alpha value is -4.64. The summed E-state index contributed by atoms with van der Waals surface area (Å²) in [6.07, 6.45) is 3.32. The van der Waals surface area contributed by atoms with Crippen molar-refractivity contribution in [2.24, 2.45) is 0 Å². The third-order valence-electron chi connectivity index (χ3n) is 6.11. The SMILES string of the molecule is COc1ccc2c(c1)/C(=C/c1cccc(C(=O)N3CCN(c4ccc(C#N)cn4)CC3)c1)OC2=O. The van der Waals surface area contributed by atoms with Crippen LogP contribution in [0.3, 0.4) is 0 Å². The van der Waals surface area contributed by atoms with Gasteiger partial charge in [0, 0.05) is 43.5 Å². The zero-order chi connectivity index (χ0) is 24.4. The standard InChI is InChI=1S/C27H22N4O4/c1-34-21-6-7-22-23(15-21)24(35-27(22)33)14-18-3-2-4-20(13-18)26(32)31-11-9-30(10-12-31)25-8-5-19(16-28)17-29-25/h2-8,13-15,17H,9-12H2,1H3/b24-14-. The Balaban J connectivity index is 1.30. The van der Waals surface area contributed by atoms with E-state index in [1.165, 1.54) is 0 Å². The molecule has 2 aliphatic heterocycles. The van der Waals surface area contributed by atoms with Crippen LogP contribution in [0.15, 0.2) is 60.8 Å². The highest BCUT2D eigenvalue weighted by molar-refractivity contribution is 6.06. The van der Waals surface area contributed by atoms with Gasteiger partial charge in [-0.15, -0.1) is 0 Å². The minimum atomic E-state index is -0.407.